The zero-order valence-corrected chi connectivity index (χ0v) is 9.50. The molecular weight excluding hydrogens is 210 g/mol. The number of furan rings is 1. The molecule has 0 amide bonds. The Morgan fingerprint density at radius 2 is 2.60 bits per heavy atom. The van der Waals surface area contributed by atoms with Crippen molar-refractivity contribution in [2.24, 2.45) is 0 Å². The van der Waals surface area contributed by atoms with E-state index in [1.165, 1.54) is 18.6 Å². The molecule has 0 unspecified atom stereocenters. The lowest BCUT2D eigenvalue weighted by atomic mass is 10.1. The number of hydrogen-bond donors (Lipinski definition) is 2. The monoisotopic (exact) mass is 227 g/mol. The second-order valence-corrected chi connectivity index (χ2v) is 5.00. The molecule has 1 saturated heterocycles. The average Bonchev–Trinajstić information content (AvgIpc) is 2.81. The first kappa shape index (κ1) is 11.0. The van der Waals surface area contributed by atoms with E-state index in [1.807, 2.05) is 17.8 Å². The first-order valence-corrected chi connectivity index (χ1v) is 6.54. The lowest BCUT2D eigenvalue weighted by molar-refractivity contribution is 0.143. The summed E-state index contributed by atoms with van der Waals surface area (Å²) in [5, 5.41) is 13.2. The molecule has 3 nitrogen and oxygen atoms in total. The molecule has 15 heavy (non-hydrogen) atoms. The van der Waals surface area contributed by atoms with E-state index in [-0.39, 0.29) is 0 Å². The summed E-state index contributed by atoms with van der Waals surface area (Å²) in [5.41, 5.74) is 0. The minimum absolute atomic E-state index is 0.521. The summed E-state index contributed by atoms with van der Waals surface area (Å²) in [7, 11) is 0. The second-order valence-electron chi connectivity index (χ2n) is 3.85. The van der Waals surface area contributed by atoms with Crippen LogP contribution in [0, 0.1) is 0 Å². The second kappa shape index (κ2) is 5.58. The molecule has 0 saturated carbocycles. The van der Waals surface area contributed by atoms with Gasteiger partial charge in [-0.15, -0.1) is 0 Å². The first-order chi connectivity index (χ1) is 7.36. The number of aliphatic hydroxyl groups is 1. The first-order valence-electron chi connectivity index (χ1n) is 5.39. The van der Waals surface area contributed by atoms with Crippen molar-refractivity contribution < 1.29 is 9.52 Å². The third kappa shape index (κ3) is 3.26. The summed E-state index contributed by atoms with van der Waals surface area (Å²) < 4.78 is 5.14. The minimum Gasteiger partial charge on any atom is -0.467 e. The van der Waals surface area contributed by atoms with Gasteiger partial charge in [0.15, 0.2) is 0 Å². The van der Waals surface area contributed by atoms with Crippen molar-refractivity contribution in [1.29, 1.82) is 0 Å². The highest BCUT2D eigenvalue weighted by Gasteiger charge is 2.16. The van der Waals surface area contributed by atoms with Gasteiger partial charge in [0.2, 0.25) is 0 Å². The summed E-state index contributed by atoms with van der Waals surface area (Å²) >= 11 is 1.98. The van der Waals surface area contributed by atoms with Crippen molar-refractivity contribution in [2.75, 3.05) is 18.1 Å². The summed E-state index contributed by atoms with van der Waals surface area (Å²) in [5.74, 6) is 3.08. The van der Waals surface area contributed by atoms with Crippen molar-refractivity contribution in [3.63, 3.8) is 0 Å². The fraction of sp³-hybridized carbons (Fsp3) is 0.636. The van der Waals surface area contributed by atoms with Crippen LogP contribution in [-0.2, 0) is 0 Å². The van der Waals surface area contributed by atoms with Crippen LogP contribution >= 0.6 is 11.8 Å². The van der Waals surface area contributed by atoms with Crippen LogP contribution in [-0.4, -0.2) is 29.2 Å². The molecule has 1 aliphatic heterocycles. The number of hydrogen-bond acceptors (Lipinski definition) is 4. The van der Waals surface area contributed by atoms with Gasteiger partial charge in [-0.3, -0.25) is 0 Å². The molecule has 2 rings (SSSR count). The number of thioether (sulfide) groups is 1. The van der Waals surface area contributed by atoms with Gasteiger partial charge >= 0.3 is 0 Å². The fourth-order valence-corrected chi connectivity index (χ4v) is 2.87. The van der Waals surface area contributed by atoms with Crippen molar-refractivity contribution in [1.82, 2.24) is 5.32 Å². The van der Waals surface area contributed by atoms with E-state index in [0.29, 0.717) is 18.3 Å². The van der Waals surface area contributed by atoms with Gasteiger partial charge in [-0.2, -0.15) is 11.8 Å². The van der Waals surface area contributed by atoms with E-state index in [2.05, 4.69) is 5.32 Å². The Hall–Kier alpha value is -0.450. The summed E-state index contributed by atoms with van der Waals surface area (Å²) in [4.78, 5) is 0. The average molecular weight is 227 g/mol. The number of rotatable bonds is 4. The Morgan fingerprint density at radius 1 is 1.67 bits per heavy atom. The van der Waals surface area contributed by atoms with Crippen molar-refractivity contribution >= 4 is 11.8 Å². The van der Waals surface area contributed by atoms with E-state index in [9.17, 15) is 5.11 Å². The molecule has 84 valence electrons. The standard InChI is InChI=1S/C11H17NO2S/c13-10(11-4-1-5-14-11)7-12-9-3-2-6-15-8-9/h1,4-5,9-10,12-13H,2-3,6-8H2/t9-,10+/m1/s1. The Bertz CT molecular complexity index is 270. The van der Waals surface area contributed by atoms with Gasteiger partial charge in [-0.05, 0) is 30.7 Å². The quantitative estimate of drug-likeness (QED) is 0.823. The van der Waals surface area contributed by atoms with Gasteiger partial charge in [0, 0.05) is 18.3 Å². The molecule has 4 heteroatoms. The van der Waals surface area contributed by atoms with Crippen LogP contribution in [0.25, 0.3) is 0 Å². The summed E-state index contributed by atoms with van der Waals surface area (Å²) in [6.07, 6.45) is 3.57. The number of nitrogens with one attached hydrogen (secondary N) is 1. The summed E-state index contributed by atoms with van der Waals surface area (Å²) in [6, 6.07) is 4.16. The molecule has 1 aromatic rings. The van der Waals surface area contributed by atoms with Gasteiger partial charge in [0.1, 0.15) is 11.9 Å². The van der Waals surface area contributed by atoms with Gasteiger partial charge in [-0.1, -0.05) is 0 Å². The molecule has 2 heterocycles. The molecule has 1 aromatic heterocycles. The Morgan fingerprint density at radius 3 is 3.27 bits per heavy atom. The van der Waals surface area contributed by atoms with Crippen molar-refractivity contribution in [2.45, 2.75) is 25.0 Å². The highest BCUT2D eigenvalue weighted by atomic mass is 32.2. The maximum absolute atomic E-state index is 9.78. The van der Waals surface area contributed by atoms with Gasteiger partial charge in [-0.25, -0.2) is 0 Å². The van der Waals surface area contributed by atoms with Gasteiger partial charge in [0.05, 0.1) is 6.26 Å². The molecule has 0 radical (unpaired) electrons. The van der Waals surface area contributed by atoms with Gasteiger partial charge < -0.3 is 14.8 Å². The molecule has 2 atom stereocenters. The van der Waals surface area contributed by atoms with Gasteiger partial charge in [0.25, 0.3) is 0 Å². The topological polar surface area (TPSA) is 45.4 Å². The van der Waals surface area contributed by atoms with E-state index in [0.717, 1.165) is 5.75 Å². The maximum Gasteiger partial charge on any atom is 0.133 e. The summed E-state index contributed by atoms with van der Waals surface area (Å²) in [6.45, 7) is 0.582. The lowest BCUT2D eigenvalue weighted by Gasteiger charge is -2.23. The van der Waals surface area contributed by atoms with Crippen LogP contribution in [0.1, 0.15) is 24.7 Å². The Kier molecular flexibility index (Phi) is 4.11. The van der Waals surface area contributed by atoms with Crippen LogP contribution in [0.15, 0.2) is 22.8 Å². The van der Waals surface area contributed by atoms with Crippen LogP contribution in [0.4, 0.5) is 0 Å². The number of aliphatic hydroxyl groups excluding tert-OH is 1. The van der Waals surface area contributed by atoms with E-state index >= 15 is 0 Å². The molecule has 1 fully saturated rings. The van der Waals surface area contributed by atoms with Crippen molar-refractivity contribution in [3.05, 3.63) is 24.2 Å². The third-order valence-corrected chi connectivity index (χ3v) is 3.85. The van der Waals surface area contributed by atoms with Crippen molar-refractivity contribution in [3.8, 4) is 0 Å². The Labute approximate surface area is 94.2 Å². The normalized spacial score (nSPS) is 23.9. The van der Waals surface area contributed by atoms with E-state index in [4.69, 9.17) is 4.42 Å². The predicted octanol–water partition coefficient (Wildman–Crippen LogP) is 1.80. The van der Waals surface area contributed by atoms with Crippen LogP contribution < -0.4 is 5.32 Å². The highest BCUT2D eigenvalue weighted by molar-refractivity contribution is 7.99. The fourth-order valence-electron chi connectivity index (χ4n) is 1.76. The molecule has 0 aromatic carbocycles. The smallest absolute Gasteiger partial charge is 0.133 e. The van der Waals surface area contributed by atoms with E-state index < -0.39 is 6.10 Å². The van der Waals surface area contributed by atoms with Crippen LogP contribution in [0.2, 0.25) is 0 Å². The highest BCUT2D eigenvalue weighted by Crippen LogP contribution is 2.18. The molecule has 2 N–H and O–H groups in total. The zero-order chi connectivity index (χ0) is 10.5. The maximum atomic E-state index is 9.78. The largest absolute Gasteiger partial charge is 0.467 e. The lowest BCUT2D eigenvalue weighted by Crippen LogP contribution is -2.36. The molecule has 1 aliphatic rings. The molecular formula is C11H17NO2S. The van der Waals surface area contributed by atoms with Crippen LogP contribution in [0.5, 0.6) is 0 Å². The molecule has 0 aliphatic carbocycles. The SMILES string of the molecule is O[C@@H](CN[C@@H]1CCCSC1)c1ccco1. The van der Waals surface area contributed by atoms with Crippen LogP contribution in [0.3, 0.4) is 0 Å². The predicted molar refractivity (Wildman–Crippen MR) is 62.0 cm³/mol. The third-order valence-electron chi connectivity index (χ3n) is 2.63. The minimum atomic E-state index is -0.521. The molecule has 0 bridgehead atoms. The molecule has 0 spiro atoms. The zero-order valence-electron chi connectivity index (χ0n) is 8.69. The Balaban J connectivity index is 1.73. The van der Waals surface area contributed by atoms with E-state index in [1.54, 1.807) is 12.3 Å².